The average molecular weight is 1340 g/mol. The van der Waals surface area contributed by atoms with Crippen LogP contribution in [0.5, 0.6) is 0 Å². The zero-order valence-electron chi connectivity index (χ0n) is 62.0. The highest BCUT2D eigenvalue weighted by atomic mass is 16.6. The number of benzene rings is 1. The third kappa shape index (κ3) is 36.8. The minimum atomic E-state index is -1.20. The number of amides is 10. The largest absolute Gasteiger partial charge is 0.459 e. The summed E-state index contributed by atoms with van der Waals surface area (Å²) in [5, 5.41) is 28.3. The highest BCUT2D eigenvalue weighted by Crippen LogP contribution is 2.19. The van der Waals surface area contributed by atoms with Gasteiger partial charge in [0.2, 0.25) is 53.2 Å². The lowest BCUT2D eigenvalue weighted by atomic mass is 9.97. The molecule has 0 saturated carbocycles. The van der Waals surface area contributed by atoms with Gasteiger partial charge in [-0.05, 0) is 150 Å². The molecule has 10 atom stereocenters. The summed E-state index contributed by atoms with van der Waals surface area (Å²) in [6.07, 6.45) is 1.03. The summed E-state index contributed by atoms with van der Waals surface area (Å²) in [7, 11) is 0. The van der Waals surface area contributed by atoms with Gasteiger partial charge >= 0.3 is 12.1 Å². The van der Waals surface area contributed by atoms with Crippen molar-refractivity contribution in [2.75, 3.05) is 0 Å². The van der Waals surface area contributed by atoms with E-state index in [2.05, 4.69) is 53.2 Å². The molecule has 0 aliphatic rings. The molecular weight excluding hydrogens is 1210 g/mol. The molecule has 0 radical (unpaired) electrons. The second kappa shape index (κ2) is 42.7. The van der Waals surface area contributed by atoms with E-state index in [-0.39, 0.29) is 130 Å². The summed E-state index contributed by atoms with van der Waals surface area (Å²) in [5.74, 6) is -7.41. The Balaban J connectivity index is 3.56. The van der Waals surface area contributed by atoms with Gasteiger partial charge in [0.1, 0.15) is 72.6 Å². The molecule has 0 fully saturated rings. The molecule has 23 heteroatoms. The van der Waals surface area contributed by atoms with Gasteiger partial charge in [-0.3, -0.25) is 43.2 Å². The van der Waals surface area contributed by atoms with Crippen LogP contribution in [-0.2, 0) is 64.0 Å². The van der Waals surface area contributed by atoms with Gasteiger partial charge in [0.15, 0.2) is 0 Å². The van der Waals surface area contributed by atoms with E-state index in [1.54, 1.807) is 20.8 Å². The number of alkyl carbamates (subject to hydrolysis) is 1. The summed E-state index contributed by atoms with van der Waals surface area (Å²) < 4.78 is 11.1. The number of ether oxygens (including phenoxy) is 2. The minimum Gasteiger partial charge on any atom is -0.459 e. The van der Waals surface area contributed by atoms with Crippen LogP contribution in [0, 0.1) is 59.2 Å². The highest BCUT2D eigenvalue weighted by Gasteiger charge is 2.38. The van der Waals surface area contributed by atoms with Crippen molar-refractivity contribution in [2.24, 2.45) is 59.2 Å². The first-order chi connectivity index (χ1) is 44.0. The molecule has 0 heterocycles. The first-order valence-corrected chi connectivity index (χ1v) is 34.9. The molecule has 23 nitrogen and oxygen atoms in total. The predicted octanol–water partition coefficient (Wildman–Crippen LogP) is 8.45. The highest BCUT2D eigenvalue weighted by molar-refractivity contribution is 5.99. The third-order valence-corrected chi connectivity index (χ3v) is 15.0. The van der Waals surface area contributed by atoms with Crippen LogP contribution in [0.3, 0.4) is 0 Å². The quantitative estimate of drug-likeness (QED) is 0.0275. The Hall–Kier alpha value is -6.81. The molecule has 0 bridgehead atoms. The molecule has 542 valence electrons. The maximum atomic E-state index is 14.6. The van der Waals surface area contributed by atoms with E-state index in [4.69, 9.17) is 9.47 Å². The minimum absolute atomic E-state index is 0.00318. The molecule has 10 amide bonds. The van der Waals surface area contributed by atoms with E-state index < -0.39 is 131 Å². The number of carbonyl (C=O) groups is 11. The maximum Gasteiger partial charge on any atom is 0.408 e. The zero-order chi connectivity index (χ0) is 72.8. The smallest absolute Gasteiger partial charge is 0.408 e. The molecular formula is C72H126N10O13. The lowest BCUT2D eigenvalue weighted by Crippen LogP contribution is -2.61. The Morgan fingerprint density at radius 3 is 0.653 bits per heavy atom. The summed E-state index contributed by atoms with van der Waals surface area (Å²) in [6, 6.07) is -2.14. The molecule has 1 aromatic rings. The van der Waals surface area contributed by atoms with Crippen molar-refractivity contribution in [3.63, 3.8) is 0 Å². The van der Waals surface area contributed by atoms with Crippen LogP contribution in [-0.4, -0.2) is 131 Å². The monoisotopic (exact) mass is 1340 g/mol. The Morgan fingerprint density at radius 1 is 0.284 bits per heavy atom. The molecule has 0 aliphatic heterocycles. The fourth-order valence-electron chi connectivity index (χ4n) is 10.7. The van der Waals surface area contributed by atoms with E-state index in [9.17, 15) is 52.7 Å². The van der Waals surface area contributed by atoms with Gasteiger partial charge in [0.25, 0.3) is 0 Å². The first-order valence-electron chi connectivity index (χ1n) is 34.9. The van der Waals surface area contributed by atoms with Gasteiger partial charge in [0.05, 0.1) is 0 Å². The summed E-state index contributed by atoms with van der Waals surface area (Å²) in [5.41, 5.74) is -0.0438. The van der Waals surface area contributed by atoms with Crippen molar-refractivity contribution in [1.82, 2.24) is 53.2 Å². The van der Waals surface area contributed by atoms with Gasteiger partial charge in [-0.15, -0.1) is 0 Å². The summed E-state index contributed by atoms with van der Waals surface area (Å²) in [4.78, 5) is 156. The van der Waals surface area contributed by atoms with Gasteiger partial charge in [0, 0.05) is 0 Å². The second-order valence-electron chi connectivity index (χ2n) is 31.1. The van der Waals surface area contributed by atoms with E-state index in [0.29, 0.717) is 0 Å². The lowest BCUT2D eigenvalue weighted by Gasteiger charge is -2.30. The molecule has 95 heavy (non-hydrogen) atoms. The Bertz CT molecular complexity index is 2580. The number of esters is 1. The van der Waals surface area contributed by atoms with E-state index >= 15 is 0 Å². The van der Waals surface area contributed by atoms with E-state index in [1.807, 2.05) is 169 Å². The van der Waals surface area contributed by atoms with Crippen molar-refractivity contribution in [3.8, 4) is 0 Å². The van der Waals surface area contributed by atoms with Crippen molar-refractivity contribution < 1.29 is 62.2 Å². The van der Waals surface area contributed by atoms with E-state index in [0.717, 1.165) is 5.56 Å². The van der Waals surface area contributed by atoms with Crippen LogP contribution in [0.2, 0.25) is 0 Å². The Labute approximate surface area is 569 Å². The zero-order valence-corrected chi connectivity index (χ0v) is 62.0. The van der Waals surface area contributed by atoms with Crippen LogP contribution in [0.15, 0.2) is 30.3 Å². The van der Waals surface area contributed by atoms with Crippen molar-refractivity contribution >= 4 is 65.2 Å². The van der Waals surface area contributed by atoms with Crippen LogP contribution < -0.4 is 53.2 Å². The fourth-order valence-corrected chi connectivity index (χ4v) is 10.7. The van der Waals surface area contributed by atoms with Gasteiger partial charge < -0.3 is 62.6 Å². The van der Waals surface area contributed by atoms with Crippen molar-refractivity contribution in [3.05, 3.63) is 35.9 Å². The van der Waals surface area contributed by atoms with Crippen molar-refractivity contribution in [1.29, 1.82) is 0 Å². The maximum absolute atomic E-state index is 14.6. The van der Waals surface area contributed by atoms with Crippen LogP contribution in [0.4, 0.5) is 4.79 Å². The number of carbonyl (C=O) groups excluding carboxylic acids is 11. The molecule has 0 aromatic heterocycles. The fraction of sp³-hybridized carbons (Fsp3) is 0.764. The Kier molecular flexibility index (Phi) is 38.7. The molecule has 1 rings (SSSR count). The number of hydrogen-bond donors (Lipinski definition) is 10. The first kappa shape index (κ1) is 86.2. The van der Waals surface area contributed by atoms with Gasteiger partial charge in [-0.2, -0.15) is 0 Å². The van der Waals surface area contributed by atoms with Crippen LogP contribution >= 0.6 is 0 Å². The Morgan fingerprint density at radius 2 is 0.463 bits per heavy atom. The molecule has 0 spiro atoms. The molecule has 1 aromatic carbocycles. The number of rotatable bonds is 42. The topological polar surface area (TPSA) is 327 Å². The SMILES string of the molecule is CC(C)C[C@H](NC(=O)OC(C)(C)C)C(=O)N[C@@H](CC(C)C)C(=O)N[C@@H](CC(C)C)C(=O)N[C@@H](CC(C)C)C(=O)N[C@@H](CC(C)C)C(=O)N[C@@H](CC(C)C)C(=O)N[C@@H](CC(C)C)C(=O)N[C@@H](CC(C)C)C(=O)N[C@@H](CC(C)C)C(=O)N[C@@H](CC(C)C)C(=O)OCc1ccccc1. The average Bonchev–Trinajstić information content (AvgIpc) is 1.05. The van der Waals surface area contributed by atoms with Crippen molar-refractivity contribution in [2.45, 2.75) is 296 Å². The van der Waals surface area contributed by atoms with E-state index in [1.165, 1.54) is 0 Å². The third-order valence-electron chi connectivity index (χ3n) is 15.0. The summed E-state index contributed by atoms with van der Waals surface area (Å²) >= 11 is 0. The standard InChI is InChI=1S/C72H126N10O13/c1-40(2)29-51(74-63(85)53(31-42(5)6)76-65(87)55(33-44(9)10)78-67(89)57(35-46(13)14)80-69(91)59(37-48(17)18)82-71(93)95-72(21,22)23)61(83)73-52(30-41(3)4)62(84)75-54(32-43(7)8)64(86)77-56(34-45(11)12)66(88)79-58(36-47(15)16)68(90)81-60(38-49(19)20)70(92)94-39-50-27-25-24-26-28-50/h24-28,40-49,51-60H,29-39H2,1-23H3,(H,73,83)(H,74,85)(H,75,84)(H,76,87)(H,77,86)(H,78,89)(H,79,88)(H,80,91)(H,81,90)(H,82,93)/t51-,52-,53-,54-,55-,56-,57-,58-,59-,60-/m0/s1. The molecule has 10 N–H and O–H groups in total. The normalized spacial score (nSPS) is 15.1. The molecule has 0 aliphatic carbocycles. The number of hydrogen-bond acceptors (Lipinski definition) is 13. The summed E-state index contributed by atoms with van der Waals surface area (Å²) in [6.45, 7) is 42.8. The van der Waals surface area contributed by atoms with Crippen LogP contribution in [0.1, 0.15) is 229 Å². The lowest BCUT2D eigenvalue weighted by molar-refractivity contribution is -0.150. The number of nitrogens with one attached hydrogen (secondary N) is 10. The second-order valence-corrected chi connectivity index (χ2v) is 31.1. The van der Waals surface area contributed by atoms with Crippen LogP contribution in [0.25, 0.3) is 0 Å². The molecule has 0 saturated heterocycles. The molecule has 0 unspecified atom stereocenters. The van der Waals surface area contributed by atoms with Gasteiger partial charge in [-0.1, -0.05) is 169 Å². The predicted molar refractivity (Wildman–Crippen MR) is 371 cm³/mol. The van der Waals surface area contributed by atoms with Gasteiger partial charge in [-0.25, -0.2) is 9.59 Å².